The Balaban J connectivity index is 0.000000214. The van der Waals surface area contributed by atoms with E-state index in [9.17, 15) is 52.4 Å². The molecule has 8 aromatic rings. The van der Waals surface area contributed by atoms with Gasteiger partial charge in [0.25, 0.3) is 0 Å². The van der Waals surface area contributed by atoms with E-state index < -0.39 is 133 Å². The Morgan fingerprint density at radius 2 is 0.954 bits per heavy atom. The third-order valence-electron chi connectivity index (χ3n) is 23.9. The Morgan fingerprint density at radius 3 is 1.32 bits per heavy atom. The quantitative estimate of drug-likeness (QED) is 0.00514. The van der Waals surface area contributed by atoms with Gasteiger partial charge in [-0.15, -0.1) is 35.8 Å². The van der Waals surface area contributed by atoms with Crippen molar-refractivity contribution >= 4 is 129 Å². The summed E-state index contributed by atoms with van der Waals surface area (Å²) >= 11 is 8.12. The van der Waals surface area contributed by atoms with E-state index in [4.69, 9.17) is 69.2 Å². The fourth-order valence-electron chi connectivity index (χ4n) is 16.6. The van der Waals surface area contributed by atoms with Crippen LogP contribution in [0.15, 0.2) is 145 Å². The van der Waals surface area contributed by atoms with Crippen LogP contribution in [0.3, 0.4) is 0 Å². The Kier molecular flexibility index (Phi) is 32.2. The van der Waals surface area contributed by atoms with Crippen molar-refractivity contribution in [2.75, 3.05) is 64.1 Å². The van der Waals surface area contributed by atoms with Gasteiger partial charge >= 0.3 is 24.1 Å². The molecule has 6 heterocycles. The van der Waals surface area contributed by atoms with Gasteiger partial charge in [-0.25, -0.2) is 39.1 Å². The highest BCUT2D eigenvalue weighted by Gasteiger charge is 2.66. The zero-order valence-corrected chi connectivity index (χ0v) is 80.5. The molecule has 0 radical (unpaired) electrons. The first-order valence-electron chi connectivity index (χ1n) is 43.9. The van der Waals surface area contributed by atoms with Gasteiger partial charge in [0.2, 0.25) is 38.4 Å². The molecule has 131 heavy (non-hydrogen) atoms. The highest BCUT2D eigenvalue weighted by molar-refractivity contribution is 7.60. The number of hydrogen-bond acceptors (Lipinski definition) is 27. The van der Waals surface area contributed by atoms with E-state index in [0.717, 1.165) is 61.6 Å². The monoisotopic (exact) mass is 1900 g/mol. The minimum Gasteiger partial charge on any atom is -0.497 e. The average molecular weight is 1900 g/mol. The number of alkyl carbamates (subject to hydrolysis) is 2. The SMILES string of the molecule is C=C[C@@H]1C[C@]1(NC(=O)[C@@H]1CC(Oc2cc(-c3csc(NC(C)C)n3)nc3cc(OC)ccc23)CN1C(=O)[C@@H](NC(=O)OC1CCCC1)C(C)(C)C)P(C)(=O)O.C=C[C@@H]1C[C@]1(NC(=O)[C@@H]1CC(Oc2cc(-c3csc(NC(C)C)n3)nc3cc(OC)ccc23)CN1C(=O)[C@@H](NC(=O)OC1CCCC1)C(C)(C)C)P(C)(=O)OCOC(=O)c1ccccc1.O=C(OCCl)c1ccccc1. The summed E-state index contributed by atoms with van der Waals surface area (Å²) in [7, 11) is -4.46. The summed E-state index contributed by atoms with van der Waals surface area (Å²) in [5.74, 6) is -1.96. The second kappa shape index (κ2) is 42.4. The van der Waals surface area contributed by atoms with E-state index in [2.05, 4.69) is 49.8 Å². The lowest BCUT2D eigenvalue weighted by atomic mass is 9.85. The van der Waals surface area contributed by atoms with Crippen LogP contribution in [-0.4, -0.2) is 207 Å². The maximum Gasteiger partial charge on any atom is 0.408 e. The summed E-state index contributed by atoms with van der Waals surface area (Å²) in [6.07, 6.45) is 7.39. The van der Waals surface area contributed by atoms with Crippen molar-refractivity contribution in [1.82, 2.24) is 51.0 Å². The van der Waals surface area contributed by atoms with Crippen LogP contribution < -0.4 is 50.8 Å². The van der Waals surface area contributed by atoms with E-state index in [0.29, 0.717) is 78.7 Å². The van der Waals surface area contributed by atoms with Gasteiger partial charge in [-0.3, -0.25) is 32.8 Å². The molecule has 6 amide bonds. The van der Waals surface area contributed by atoms with Crippen LogP contribution >= 0.6 is 49.0 Å². The topological polar surface area (TPSA) is 404 Å². The van der Waals surface area contributed by atoms with Crippen molar-refractivity contribution < 1.29 is 94.8 Å². The van der Waals surface area contributed by atoms with E-state index in [1.54, 1.807) is 117 Å². The lowest BCUT2D eigenvalue weighted by molar-refractivity contribution is -0.142. The number of rotatable bonds is 32. The number of amides is 6. The van der Waals surface area contributed by atoms with Gasteiger partial charge in [-0.1, -0.05) is 102 Å². The molecule has 37 heteroatoms. The van der Waals surface area contributed by atoms with Gasteiger partial charge in [-0.05, 0) is 151 Å². The van der Waals surface area contributed by atoms with Gasteiger partial charge in [0, 0.05) is 95.9 Å². The molecule has 4 aromatic carbocycles. The molecular formula is C94H119ClN12O20P2S2. The van der Waals surface area contributed by atoms with Crippen LogP contribution in [0, 0.1) is 22.7 Å². The van der Waals surface area contributed by atoms with Crippen LogP contribution in [0.1, 0.15) is 167 Å². The lowest BCUT2D eigenvalue weighted by Gasteiger charge is -2.36. The summed E-state index contributed by atoms with van der Waals surface area (Å²) < 4.78 is 79.2. The molecule has 6 aliphatic rings. The molecule has 12 atom stereocenters. The van der Waals surface area contributed by atoms with Gasteiger partial charge in [0.1, 0.15) is 93.5 Å². The predicted molar refractivity (Wildman–Crippen MR) is 504 cm³/mol. The Bertz CT molecular complexity index is 5560. The number of nitrogens with zero attached hydrogens (tertiary/aromatic N) is 6. The molecule has 6 fully saturated rings. The second-order valence-corrected chi connectivity index (χ2v) is 43.8. The Labute approximate surface area is 776 Å². The number of hydrogen-bond donors (Lipinski definition) is 7. The summed E-state index contributed by atoms with van der Waals surface area (Å²) in [4.78, 5) is 142. The number of ether oxygens (including phenoxy) is 8. The number of alkyl halides is 1. The number of thiazole rings is 2. The number of likely N-dealkylation sites (tertiary alicyclic amines) is 2. The van der Waals surface area contributed by atoms with Crippen LogP contribution in [0.4, 0.5) is 19.9 Å². The number of carbonyl (C=O) groups is 8. The molecule has 4 saturated carbocycles. The lowest BCUT2D eigenvalue weighted by Crippen LogP contribution is -2.58. The molecular weight excluding hydrogens is 1780 g/mol. The highest BCUT2D eigenvalue weighted by Crippen LogP contribution is 2.71. The number of pyridine rings is 2. The molecule has 32 nitrogen and oxygen atoms in total. The van der Waals surface area contributed by atoms with E-state index in [1.807, 2.05) is 98.2 Å². The van der Waals surface area contributed by atoms with Gasteiger partial charge < -0.3 is 84.5 Å². The van der Waals surface area contributed by atoms with Crippen molar-refractivity contribution in [2.45, 2.75) is 218 Å². The third-order valence-corrected chi connectivity index (χ3v) is 30.3. The normalized spacial score (nSPS) is 21.9. The fourth-order valence-corrected chi connectivity index (χ4v) is 22.0. The number of esters is 2. The zero-order valence-electron chi connectivity index (χ0n) is 76.3. The summed E-state index contributed by atoms with van der Waals surface area (Å²) in [6, 6.07) is 27.4. The van der Waals surface area contributed by atoms with Gasteiger partial charge in [0.05, 0.1) is 60.9 Å². The van der Waals surface area contributed by atoms with Crippen LogP contribution in [0.5, 0.6) is 23.0 Å². The molecule has 704 valence electrons. The Hall–Kier alpha value is -10.7. The zero-order chi connectivity index (χ0) is 94.7. The smallest absolute Gasteiger partial charge is 0.408 e. The molecule has 4 aromatic heterocycles. The number of benzene rings is 4. The second-order valence-electron chi connectivity index (χ2n) is 36.5. The van der Waals surface area contributed by atoms with Crippen molar-refractivity contribution in [3.8, 4) is 45.8 Å². The summed E-state index contributed by atoms with van der Waals surface area (Å²) in [5, 5.41) is 22.0. The number of fused-ring (bicyclic) bond motifs is 2. The van der Waals surface area contributed by atoms with E-state index in [1.165, 1.54) is 45.8 Å². The van der Waals surface area contributed by atoms with E-state index >= 15 is 0 Å². The number of halogens is 1. The standard InChI is InChI=1S/C47H59N6O10PS.C39H53N6O8PS.C8H7ClO2/c1-9-30-24-47(30,64(8,58)61-27-60-43(56)29-15-11-10-12-16-29)52-41(54)38-22-33(25-53(38)42(55)40(46(4,5)6)51-45(57)63-31-17-13-14-18-31)62-39-23-36(37-26-65-44(50-37)48-28(2)3)49-35-21-32(59-7)19-20-34(35)39;1-9-23-19-39(23,54(8,49)50)44-34(46)31-17-26(20-45(31)35(47)33(38(4,5)6)43-37(48)53-24-12-10-11-13-24)52-32-18-29(30-21-55-36(42-30)40-22(2)3)41-28-16-25(51-7)14-15-27(28)32;9-6-11-8(10)7-4-2-1-3-5-7/h9-12,15-16,19-21,23,26,28,30-31,33,38,40H,1,13-14,17-18,22,24-25,27H2,2-8H3,(H,48,50)(H,51,57)(H,52,54);9,14-16,18,21-24,26,31,33H,1,10-13,17,19-20H2,2-8H3,(H,40,42)(H,43,48)(H,44,46)(H,49,50);1-5H,6H2/t30-,33?,38+,40-,47+,64?;23-,26?,31+,33-,39+;/m11./s1. The molecule has 2 aliphatic heterocycles. The average Bonchev–Trinajstić information content (AvgIpc) is 1.55. The van der Waals surface area contributed by atoms with Crippen molar-refractivity contribution in [2.24, 2.45) is 22.7 Å². The van der Waals surface area contributed by atoms with Crippen molar-refractivity contribution in [1.29, 1.82) is 0 Å². The maximum absolute atomic E-state index is 14.9. The minimum atomic E-state index is -3.83. The largest absolute Gasteiger partial charge is 0.497 e. The van der Waals surface area contributed by atoms with Crippen LogP contribution in [0.25, 0.3) is 44.6 Å². The van der Waals surface area contributed by atoms with Gasteiger partial charge in [-0.2, -0.15) is 0 Å². The fraction of sp³-hybridized carbons (Fsp3) is 0.489. The minimum absolute atomic E-state index is 0.00187. The predicted octanol–water partition coefficient (Wildman–Crippen LogP) is 17.0. The third kappa shape index (κ3) is 24.4. The summed E-state index contributed by atoms with van der Waals surface area (Å²) in [6.45, 7) is 28.7. The molecule has 4 aliphatic carbocycles. The van der Waals surface area contributed by atoms with E-state index in [-0.39, 0.29) is 75.1 Å². The molecule has 0 spiro atoms. The number of aromatic nitrogens is 4. The highest BCUT2D eigenvalue weighted by atomic mass is 35.5. The summed E-state index contributed by atoms with van der Waals surface area (Å²) in [5.41, 5.74) is 2.81. The molecule has 0 bridgehead atoms. The molecule has 2 saturated heterocycles. The number of anilines is 2. The number of nitrogens with one attached hydrogen (secondary N) is 6. The first kappa shape index (κ1) is 99.3. The molecule has 7 N–H and O–H groups in total. The number of methoxy groups -OCH3 is 2. The van der Waals surface area contributed by atoms with Crippen molar-refractivity contribution in [3.63, 3.8) is 0 Å². The molecule has 14 rings (SSSR count). The van der Waals surface area contributed by atoms with Crippen LogP contribution in [-0.2, 0) is 51.8 Å². The van der Waals surface area contributed by atoms with Crippen molar-refractivity contribution in [3.05, 3.63) is 156 Å². The molecule has 4 unspecified atom stereocenters. The van der Waals surface area contributed by atoms with Gasteiger partial charge in [0.15, 0.2) is 23.1 Å². The first-order valence-corrected chi connectivity index (χ1v) is 50.4. The first-order chi connectivity index (χ1) is 62.2. The number of carbonyl (C=O) groups excluding carboxylic acids is 8. The maximum atomic E-state index is 14.9. The van der Waals surface area contributed by atoms with Crippen LogP contribution in [0.2, 0.25) is 0 Å². The Morgan fingerprint density at radius 1 is 0.557 bits per heavy atom.